The normalized spacial score (nSPS) is 30.6. The summed E-state index contributed by atoms with van der Waals surface area (Å²) in [7, 11) is 0. The van der Waals surface area contributed by atoms with Crippen LogP contribution in [0, 0.1) is 17.8 Å². The first-order valence-electron chi connectivity index (χ1n) is 10.4. The van der Waals surface area contributed by atoms with E-state index in [-0.39, 0.29) is 36.8 Å². The highest BCUT2D eigenvalue weighted by Gasteiger charge is 2.67. The molecule has 1 aliphatic heterocycles. The molecule has 2 aromatic rings. The maximum atomic E-state index is 13.1. The quantitative estimate of drug-likeness (QED) is 0.548. The van der Waals surface area contributed by atoms with Gasteiger partial charge in [0.25, 0.3) is 0 Å². The van der Waals surface area contributed by atoms with Gasteiger partial charge in [0.2, 0.25) is 5.78 Å². The number of carbonyl (C=O) groups excluding carboxylic acids is 3. The molecule has 0 radical (unpaired) electrons. The lowest BCUT2D eigenvalue weighted by Crippen LogP contribution is -2.62. The molecule has 2 bridgehead atoms. The van der Waals surface area contributed by atoms with Gasteiger partial charge < -0.3 is 14.2 Å². The minimum absolute atomic E-state index is 0.00658. The highest BCUT2D eigenvalue weighted by molar-refractivity contribution is 5.97. The van der Waals surface area contributed by atoms with Crippen molar-refractivity contribution < 1.29 is 28.6 Å². The van der Waals surface area contributed by atoms with Crippen LogP contribution in [0.5, 0.6) is 0 Å². The lowest BCUT2D eigenvalue weighted by molar-refractivity contribution is -0.184. The molecule has 5 atom stereocenters. The standard InChI is InChI=1S/C25H22O6/c26-21-15-29-20(14-30-23(27)16-7-3-1-4-8-16)22-18-11-12-19(13-18)25(21,22)31-24(28)17-9-5-2-6-10-17/h1-12,18-20,22H,13-15H2/t18-,19+,20+,22+,25-/m1/s1. The van der Waals surface area contributed by atoms with Gasteiger partial charge in [-0.1, -0.05) is 48.6 Å². The van der Waals surface area contributed by atoms with Gasteiger partial charge in [-0.15, -0.1) is 0 Å². The van der Waals surface area contributed by atoms with Crippen molar-refractivity contribution in [1.82, 2.24) is 0 Å². The van der Waals surface area contributed by atoms with Crippen molar-refractivity contribution in [2.24, 2.45) is 17.8 Å². The Kier molecular flexibility index (Phi) is 4.94. The summed E-state index contributed by atoms with van der Waals surface area (Å²) in [6.07, 6.45) is 4.20. The topological polar surface area (TPSA) is 78.9 Å². The number of benzene rings is 2. The van der Waals surface area contributed by atoms with Gasteiger partial charge in [-0.3, -0.25) is 4.79 Å². The summed E-state index contributed by atoms with van der Waals surface area (Å²) in [5.41, 5.74) is -0.438. The zero-order chi connectivity index (χ0) is 21.4. The van der Waals surface area contributed by atoms with Gasteiger partial charge >= 0.3 is 11.9 Å². The van der Waals surface area contributed by atoms with Crippen LogP contribution in [0.15, 0.2) is 72.8 Å². The number of Topliss-reactive ketones (excluding diaryl/α,β-unsaturated/α-hetero) is 1. The summed E-state index contributed by atoms with van der Waals surface area (Å²) < 4.78 is 17.3. The van der Waals surface area contributed by atoms with Crippen molar-refractivity contribution in [3.8, 4) is 0 Å². The molecule has 0 amide bonds. The molecule has 1 saturated heterocycles. The van der Waals surface area contributed by atoms with Crippen molar-refractivity contribution in [3.63, 3.8) is 0 Å². The number of allylic oxidation sites excluding steroid dienone is 1. The second kappa shape index (κ2) is 7.78. The zero-order valence-corrected chi connectivity index (χ0v) is 16.8. The van der Waals surface area contributed by atoms with E-state index in [4.69, 9.17) is 14.2 Å². The van der Waals surface area contributed by atoms with E-state index in [1.165, 1.54) is 0 Å². The van der Waals surface area contributed by atoms with Crippen LogP contribution in [0.2, 0.25) is 0 Å². The molecule has 31 heavy (non-hydrogen) atoms. The first-order valence-corrected chi connectivity index (χ1v) is 10.4. The van der Waals surface area contributed by atoms with Gasteiger partial charge in [0.1, 0.15) is 13.2 Å². The van der Waals surface area contributed by atoms with Crippen LogP contribution in [0.3, 0.4) is 0 Å². The summed E-state index contributed by atoms with van der Waals surface area (Å²) >= 11 is 0. The molecule has 2 fully saturated rings. The SMILES string of the molecule is O=C(OC[C@@H]1OCC(=O)[C@@]2(OC(=O)c3ccccc3)[C@H]1[C@@H]1C=C[C@H]2C1)c1ccccc1. The number of fused-ring (bicyclic) bond motifs is 5. The van der Waals surface area contributed by atoms with Crippen LogP contribution >= 0.6 is 0 Å². The van der Waals surface area contributed by atoms with Gasteiger partial charge in [0.05, 0.1) is 17.2 Å². The maximum absolute atomic E-state index is 13.1. The predicted molar refractivity (Wildman–Crippen MR) is 110 cm³/mol. The van der Waals surface area contributed by atoms with Crippen molar-refractivity contribution in [2.45, 2.75) is 18.1 Å². The Morgan fingerprint density at radius 3 is 2.26 bits per heavy atom. The molecule has 1 saturated carbocycles. The Morgan fingerprint density at radius 2 is 1.58 bits per heavy atom. The summed E-state index contributed by atoms with van der Waals surface area (Å²) in [5.74, 6) is -1.77. The van der Waals surface area contributed by atoms with E-state index in [0.717, 1.165) is 0 Å². The fourth-order valence-corrected chi connectivity index (χ4v) is 5.17. The van der Waals surface area contributed by atoms with Gasteiger partial charge in [-0.05, 0) is 36.6 Å². The van der Waals surface area contributed by atoms with E-state index < -0.39 is 23.6 Å². The second-order valence-electron chi connectivity index (χ2n) is 8.20. The largest absolute Gasteiger partial charge is 0.459 e. The highest BCUT2D eigenvalue weighted by Crippen LogP contribution is 2.56. The fraction of sp³-hybridized carbons (Fsp3) is 0.320. The lowest BCUT2D eigenvalue weighted by atomic mass is 9.71. The number of hydrogen-bond donors (Lipinski definition) is 0. The van der Waals surface area contributed by atoms with Gasteiger partial charge in [-0.25, -0.2) is 9.59 Å². The van der Waals surface area contributed by atoms with Gasteiger partial charge in [0.15, 0.2) is 5.60 Å². The van der Waals surface area contributed by atoms with E-state index in [1.807, 2.05) is 18.2 Å². The number of hydrogen-bond acceptors (Lipinski definition) is 6. The fourth-order valence-electron chi connectivity index (χ4n) is 5.17. The molecule has 0 aromatic heterocycles. The van der Waals surface area contributed by atoms with Crippen molar-refractivity contribution in [2.75, 3.05) is 13.2 Å². The molecule has 3 aliphatic rings. The van der Waals surface area contributed by atoms with E-state index in [1.54, 1.807) is 48.5 Å². The number of esters is 2. The second-order valence-corrected chi connectivity index (χ2v) is 8.20. The van der Waals surface area contributed by atoms with E-state index in [2.05, 4.69) is 6.08 Å². The molecule has 6 heteroatoms. The van der Waals surface area contributed by atoms with Crippen molar-refractivity contribution >= 4 is 17.7 Å². The highest BCUT2D eigenvalue weighted by atomic mass is 16.6. The monoisotopic (exact) mass is 418 g/mol. The molecule has 2 aliphatic carbocycles. The number of carbonyl (C=O) groups is 3. The first kappa shape index (κ1) is 19.7. The Morgan fingerprint density at radius 1 is 0.935 bits per heavy atom. The van der Waals surface area contributed by atoms with Crippen LogP contribution < -0.4 is 0 Å². The van der Waals surface area contributed by atoms with Crippen LogP contribution in [-0.2, 0) is 19.0 Å². The van der Waals surface area contributed by atoms with E-state index >= 15 is 0 Å². The summed E-state index contributed by atoms with van der Waals surface area (Å²) in [4.78, 5) is 38.4. The molecule has 5 rings (SSSR count). The van der Waals surface area contributed by atoms with Crippen LogP contribution in [-0.4, -0.2) is 42.6 Å². The smallest absolute Gasteiger partial charge is 0.339 e. The molecule has 2 aromatic carbocycles. The Labute approximate surface area is 179 Å². The third-order valence-corrected chi connectivity index (χ3v) is 6.55. The minimum atomic E-state index is -1.28. The van der Waals surface area contributed by atoms with Crippen molar-refractivity contribution in [1.29, 1.82) is 0 Å². The van der Waals surface area contributed by atoms with E-state index in [0.29, 0.717) is 17.5 Å². The Hall–Kier alpha value is -3.25. The molecule has 158 valence electrons. The third-order valence-electron chi connectivity index (χ3n) is 6.55. The molecular weight excluding hydrogens is 396 g/mol. The van der Waals surface area contributed by atoms with Crippen LogP contribution in [0.1, 0.15) is 27.1 Å². The molecule has 0 spiro atoms. The molecule has 0 unspecified atom stereocenters. The summed E-state index contributed by atoms with van der Waals surface area (Å²) in [6.45, 7) is -0.184. The summed E-state index contributed by atoms with van der Waals surface area (Å²) in [5, 5.41) is 0. The maximum Gasteiger partial charge on any atom is 0.339 e. The Bertz CT molecular complexity index is 1030. The average Bonchev–Trinajstić information content (AvgIpc) is 3.41. The molecule has 6 nitrogen and oxygen atoms in total. The number of rotatable bonds is 5. The average molecular weight is 418 g/mol. The van der Waals surface area contributed by atoms with Crippen LogP contribution in [0.25, 0.3) is 0 Å². The zero-order valence-electron chi connectivity index (χ0n) is 16.8. The van der Waals surface area contributed by atoms with Gasteiger partial charge in [-0.2, -0.15) is 0 Å². The van der Waals surface area contributed by atoms with Crippen molar-refractivity contribution in [3.05, 3.63) is 83.9 Å². The predicted octanol–water partition coefficient (Wildman–Crippen LogP) is 3.23. The molecule has 0 N–H and O–H groups in total. The summed E-state index contributed by atoms with van der Waals surface area (Å²) in [6, 6.07) is 17.4. The van der Waals surface area contributed by atoms with Gasteiger partial charge in [0, 0.05) is 11.8 Å². The molecular formula is C25H22O6. The first-order chi connectivity index (χ1) is 15.1. The van der Waals surface area contributed by atoms with E-state index in [9.17, 15) is 14.4 Å². The molecule has 1 heterocycles. The Balaban J connectivity index is 1.39. The minimum Gasteiger partial charge on any atom is -0.459 e. The lowest BCUT2D eigenvalue weighted by Gasteiger charge is -2.46. The van der Waals surface area contributed by atoms with Crippen LogP contribution in [0.4, 0.5) is 0 Å². The number of ketones is 1. The third kappa shape index (κ3) is 3.27. The number of ether oxygens (including phenoxy) is 3.